The number of ether oxygens (including phenoxy) is 3. The van der Waals surface area contributed by atoms with Crippen molar-refractivity contribution < 1.29 is 33.0 Å². The van der Waals surface area contributed by atoms with Crippen LogP contribution < -0.4 is 0 Å². The van der Waals surface area contributed by atoms with Crippen LogP contribution in [0.4, 0.5) is 0 Å². The fourth-order valence-electron chi connectivity index (χ4n) is 9.86. The Morgan fingerprint density at radius 1 is 0.871 bits per heavy atom. The van der Waals surface area contributed by atoms with Crippen LogP contribution in [0.5, 0.6) is 0 Å². The van der Waals surface area contributed by atoms with E-state index in [1.165, 1.54) is 5.57 Å². The minimum Gasteiger partial charge on any atom is -0.457 e. The van der Waals surface area contributed by atoms with Crippen molar-refractivity contribution in [3.63, 3.8) is 0 Å². The number of nitrogens with zero attached hydrogens (tertiary/aromatic N) is 4. The van der Waals surface area contributed by atoms with Gasteiger partial charge in [0.25, 0.3) is 0 Å². The largest absolute Gasteiger partial charge is 0.457 e. The molecule has 4 aromatic heterocycles. The highest BCUT2D eigenvalue weighted by Gasteiger charge is 2.56. The van der Waals surface area contributed by atoms with E-state index in [2.05, 4.69) is 59.7 Å². The fraction of sp³-hybridized carbons (Fsp3) is 0.431. The molecular weight excluding hydrogens is 781 g/mol. The van der Waals surface area contributed by atoms with Crippen molar-refractivity contribution in [1.29, 1.82) is 0 Å². The molecule has 0 radical (unpaired) electrons. The predicted octanol–water partition coefficient (Wildman–Crippen LogP) is 10.3. The summed E-state index contributed by atoms with van der Waals surface area (Å²) in [7, 11) is 0. The van der Waals surface area contributed by atoms with Gasteiger partial charge in [-0.15, -0.1) is 0 Å². The second kappa shape index (κ2) is 19.0. The number of pyridine rings is 3. The summed E-state index contributed by atoms with van der Waals surface area (Å²) in [5.74, 6) is 0.828. The third-order valence-corrected chi connectivity index (χ3v) is 13.6. The smallest absolute Gasteiger partial charge is 0.357 e. The number of esters is 3. The summed E-state index contributed by atoms with van der Waals surface area (Å²) in [6.45, 7) is 8.99. The van der Waals surface area contributed by atoms with Crippen LogP contribution in [-0.4, -0.2) is 56.2 Å². The SMILES string of the molecule is C=C1/C(=C\C=C2/CCCC3(C)C(C/C=C/C(OC(=O)c4ccccn4)C4(c5ncc(CCCC)o5)CC4)CCC23)CC(OC(=O)c2ccccn2)CC1OC(=O)c1ccccn1. The molecule has 6 unspecified atom stereocenters. The normalized spacial score (nSPS) is 25.9. The molecule has 0 bridgehead atoms. The first kappa shape index (κ1) is 42.7. The number of carbonyl (C=O) groups excluding carboxylic acids is 3. The molecule has 11 heteroatoms. The first-order chi connectivity index (χ1) is 30.2. The Hall–Kier alpha value is -5.97. The van der Waals surface area contributed by atoms with Gasteiger partial charge in [0.05, 0.1) is 11.6 Å². The molecule has 8 rings (SSSR count). The lowest BCUT2D eigenvalue weighted by atomic mass is 9.63. The van der Waals surface area contributed by atoms with E-state index in [1.54, 1.807) is 73.2 Å². The van der Waals surface area contributed by atoms with Crippen LogP contribution in [0.15, 0.2) is 131 Å². The fourth-order valence-corrected chi connectivity index (χ4v) is 9.86. The maximum atomic E-state index is 13.4. The number of oxazole rings is 1. The van der Waals surface area contributed by atoms with E-state index in [1.807, 2.05) is 6.20 Å². The molecule has 0 amide bonds. The third-order valence-electron chi connectivity index (χ3n) is 13.6. The summed E-state index contributed by atoms with van der Waals surface area (Å²) < 4.78 is 24.5. The summed E-state index contributed by atoms with van der Waals surface area (Å²) in [6, 6.07) is 15.5. The first-order valence-corrected chi connectivity index (χ1v) is 22.2. The Balaban J connectivity index is 0.989. The number of carbonyl (C=O) groups is 3. The Morgan fingerprint density at radius 3 is 2.19 bits per heavy atom. The van der Waals surface area contributed by atoms with E-state index >= 15 is 0 Å². The van der Waals surface area contributed by atoms with Crippen LogP contribution in [0.1, 0.15) is 134 Å². The molecule has 4 heterocycles. The van der Waals surface area contributed by atoms with E-state index in [9.17, 15) is 14.4 Å². The lowest BCUT2D eigenvalue weighted by molar-refractivity contribution is 0.00145. The Bertz CT molecular complexity index is 2320. The minimum atomic E-state index is -0.697. The summed E-state index contributed by atoms with van der Waals surface area (Å²) in [5.41, 5.74) is 3.28. The van der Waals surface area contributed by atoms with Crippen molar-refractivity contribution in [3.05, 3.63) is 156 Å². The van der Waals surface area contributed by atoms with Crippen molar-refractivity contribution in [2.24, 2.45) is 17.3 Å². The van der Waals surface area contributed by atoms with Gasteiger partial charge in [0.15, 0.2) is 0 Å². The molecule has 62 heavy (non-hydrogen) atoms. The van der Waals surface area contributed by atoms with E-state index in [-0.39, 0.29) is 28.9 Å². The van der Waals surface area contributed by atoms with Gasteiger partial charge in [-0.25, -0.2) is 34.3 Å². The third kappa shape index (κ3) is 9.42. The Kier molecular flexibility index (Phi) is 13.1. The highest BCUT2D eigenvalue weighted by Crippen LogP contribution is 2.59. The van der Waals surface area contributed by atoms with Crippen molar-refractivity contribution in [1.82, 2.24) is 19.9 Å². The van der Waals surface area contributed by atoms with Crippen LogP contribution in [0.25, 0.3) is 0 Å². The van der Waals surface area contributed by atoms with Gasteiger partial charge in [0, 0.05) is 37.9 Å². The molecule has 4 saturated carbocycles. The number of hydrogen-bond acceptors (Lipinski definition) is 11. The van der Waals surface area contributed by atoms with Gasteiger partial charge >= 0.3 is 17.9 Å². The van der Waals surface area contributed by atoms with E-state index < -0.39 is 41.6 Å². The number of rotatable bonds is 15. The molecular formula is C51H56N4O7. The molecule has 4 aromatic rings. The molecule has 0 spiro atoms. The molecule has 322 valence electrons. The average molecular weight is 837 g/mol. The summed E-state index contributed by atoms with van der Waals surface area (Å²) in [6.07, 6.45) is 25.0. The van der Waals surface area contributed by atoms with Crippen molar-refractivity contribution in [2.75, 3.05) is 0 Å². The van der Waals surface area contributed by atoms with Gasteiger partial charge in [-0.2, -0.15) is 0 Å². The minimum absolute atomic E-state index is 0.0894. The van der Waals surface area contributed by atoms with Crippen LogP contribution in [-0.2, 0) is 26.0 Å². The van der Waals surface area contributed by atoms with Crippen LogP contribution in [0.3, 0.4) is 0 Å². The van der Waals surface area contributed by atoms with Crippen molar-refractivity contribution in [2.45, 2.75) is 121 Å². The van der Waals surface area contributed by atoms with Crippen molar-refractivity contribution in [3.8, 4) is 0 Å². The first-order valence-electron chi connectivity index (χ1n) is 22.2. The van der Waals surface area contributed by atoms with Gasteiger partial charge in [-0.3, -0.25) is 0 Å². The maximum absolute atomic E-state index is 13.4. The molecule has 4 aliphatic carbocycles. The second-order valence-electron chi connectivity index (χ2n) is 17.5. The Morgan fingerprint density at radius 2 is 1.55 bits per heavy atom. The van der Waals surface area contributed by atoms with Crippen LogP contribution >= 0.6 is 0 Å². The molecule has 0 saturated heterocycles. The lowest BCUT2D eigenvalue weighted by Crippen LogP contribution is -2.34. The predicted molar refractivity (Wildman–Crippen MR) is 233 cm³/mol. The molecule has 4 aliphatic rings. The van der Waals surface area contributed by atoms with E-state index in [0.29, 0.717) is 29.7 Å². The highest BCUT2D eigenvalue weighted by molar-refractivity contribution is 5.88. The molecule has 0 aliphatic heterocycles. The number of hydrogen-bond donors (Lipinski definition) is 0. The molecule has 0 aromatic carbocycles. The summed E-state index contributed by atoms with van der Waals surface area (Å²) >= 11 is 0. The van der Waals surface area contributed by atoms with Crippen LogP contribution in [0.2, 0.25) is 0 Å². The molecule has 0 N–H and O–H groups in total. The number of aromatic nitrogens is 4. The van der Waals surface area contributed by atoms with E-state index in [0.717, 1.165) is 82.0 Å². The zero-order valence-corrected chi connectivity index (χ0v) is 35.7. The van der Waals surface area contributed by atoms with Gasteiger partial charge in [0.1, 0.15) is 41.2 Å². The summed E-state index contributed by atoms with van der Waals surface area (Å²) in [4.78, 5) is 57.0. The maximum Gasteiger partial charge on any atom is 0.357 e. The number of unbranched alkanes of at least 4 members (excludes halogenated alkanes) is 1. The monoisotopic (exact) mass is 836 g/mol. The zero-order valence-electron chi connectivity index (χ0n) is 35.7. The number of fused-ring (bicyclic) bond motifs is 1. The number of allylic oxidation sites excluding steroid dienone is 4. The average Bonchev–Trinajstić information content (AvgIpc) is 3.84. The zero-order chi connectivity index (χ0) is 43.1. The molecule has 4 fully saturated rings. The van der Waals surface area contributed by atoms with Gasteiger partial charge in [-0.1, -0.05) is 68.8 Å². The molecule has 6 atom stereocenters. The van der Waals surface area contributed by atoms with Crippen LogP contribution in [0, 0.1) is 17.3 Å². The quantitative estimate of drug-likeness (QED) is 0.0641. The topological polar surface area (TPSA) is 144 Å². The van der Waals surface area contributed by atoms with Gasteiger partial charge in [0.2, 0.25) is 5.89 Å². The summed E-state index contributed by atoms with van der Waals surface area (Å²) in [5, 5.41) is 0. The Labute approximate surface area is 363 Å². The van der Waals surface area contributed by atoms with E-state index in [4.69, 9.17) is 23.6 Å². The second-order valence-corrected chi connectivity index (χ2v) is 17.5. The van der Waals surface area contributed by atoms with Gasteiger partial charge < -0.3 is 18.6 Å². The molecule has 11 nitrogen and oxygen atoms in total. The lowest BCUT2D eigenvalue weighted by Gasteiger charge is -2.42. The van der Waals surface area contributed by atoms with Crippen molar-refractivity contribution >= 4 is 17.9 Å². The highest BCUT2D eigenvalue weighted by atomic mass is 16.6. The van der Waals surface area contributed by atoms with Gasteiger partial charge in [-0.05, 0) is 129 Å². The standard InChI is InChI=1S/C51H56N4O7/c1-4-5-16-38-33-55-49(60-38)51(26-27-51)45(62-48(58)43-19-8-11-30-54-43)20-12-15-37-23-24-40-35(14-13-25-50(37,40)3)21-22-36-31-39(59-46(56)41-17-6-9-28-52-41)32-44(34(36)2)61-47(57)42-18-7-10-29-53-42/h6-12,17-22,28-30,33,37,39-40,44-45H,2,4-5,13-16,23-27,31-32H2,1,3H3/b20-12+,35-21+,36-22-. The number of aryl methyl sites for hydroxylation is 1.